The minimum absolute atomic E-state index is 0.103. The minimum Gasteiger partial charge on any atom is -0.395 e. The minimum atomic E-state index is -1.10. The fourth-order valence-electron chi connectivity index (χ4n) is 4.29. The number of aliphatic hydroxyl groups excluding tert-OH is 3. The number of benzene rings is 2. The normalized spacial score (nSPS) is 26.6. The zero-order chi connectivity index (χ0) is 20.9. The average molecular weight is 399 g/mol. The van der Waals surface area contributed by atoms with Gasteiger partial charge in [-0.1, -0.05) is 60.7 Å². The van der Waals surface area contributed by atoms with Crippen LogP contribution in [0.1, 0.15) is 36.8 Å². The zero-order valence-corrected chi connectivity index (χ0v) is 16.7. The van der Waals surface area contributed by atoms with Crippen molar-refractivity contribution in [1.29, 1.82) is 0 Å². The lowest BCUT2D eigenvalue weighted by Crippen LogP contribution is -2.57. The molecule has 3 rings (SSSR count). The van der Waals surface area contributed by atoms with Gasteiger partial charge in [-0.3, -0.25) is 10.1 Å². The summed E-state index contributed by atoms with van der Waals surface area (Å²) in [5.41, 5.74) is 1.42. The van der Waals surface area contributed by atoms with Crippen LogP contribution in [0.2, 0.25) is 0 Å². The molecule has 156 valence electrons. The molecular weight excluding hydrogens is 368 g/mol. The Morgan fingerprint density at radius 3 is 2.07 bits per heavy atom. The second-order valence-electron chi connectivity index (χ2n) is 7.85. The quantitative estimate of drug-likeness (QED) is 0.459. The average Bonchev–Trinajstić information content (AvgIpc) is 2.99. The van der Waals surface area contributed by atoms with Crippen LogP contribution in [0.3, 0.4) is 0 Å². The van der Waals surface area contributed by atoms with E-state index in [0.29, 0.717) is 12.8 Å². The third kappa shape index (κ3) is 4.85. The number of hydrogen-bond donors (Lipinski definition) is 5. The van der Waals surface area contributed by atoms with Crippen LogP contribution in [0.25, 0.3) is 0 Å². The molecule has 0 bridgehead atoms. The summed E-state index contributed by atoms with van der Waals surface area (Å²) < 4.78 is 0. The molecule has 4 atom stereocenters. The molecule has 1 fully saturated rings. The summed E-state index contributed by atoms with van der Waals surface area (Å²) >= 11 is 0. The van der Waals surface area contributed by atoms with E-state index in [1.165, 1.54) is 18.1 Å². The van der Waals surface area contributed by atoms with Crippen molar-refractivity contribution in [3.05, 3.63) is 71.8 Å². The molecule has 29 heavy (non-hydrogen) atoms. The van der Waals surface area contributed by atoms with Crippen LogP contribution in [0.15, 0.2) is 60.7 Å². The first-order valence-corrected chi connectivity index (χ1v) is 10.1. The van der Waals surface area contributed by atoms with Gasteiger partial charge in [0, 0.05) is 19.4 Å². The molecule has 1 aliphatic heterocycles. The number of carbonyl (C=O) groups is 1. The van der Waals surface area contributed by atoms with Gasteiger partial charge in [-0.15, -0.1) is 0 Å². The largest absolute Gasteiger partial charge is 0.395 e. The molecular formula is C23H30N2O4. The van der Waals surface area contributed by atoms with E-state index in [9.17, 15) is 20.1 Å². The van der Waals surface area contributed by atoms with Gasteiger partial charge >= 0.3 is 0 Å². The summed E-state index contributed by atoms with van der Waals surface area (Å²) in [6.07, 6.45) is -0.988. The Kier molecular flexibility index (Phi) is 7.03. The molecule has 6 nitrogen and oxygen atoms in total. The van der Waals surface area contributed by atoms with Gasteiger partial charge in [0.15, 0.2) is 0 Å². The van der Waals surface area contributed by atoms with Crippen LogP contribution >= 0.6 is 0 Å². The highest BCUT2D eigenvalue weighted by Gasteiger charge is 2.51. The SMILES string of the molecule is CC(=O)NC[C@@]1(CCC(c2ccccc2)c2ccccc2)N[C@H](CO)[C@@H](O)[C@@H]1O. The number of hydrogen-bond acceptors (Lipinski definition) is 5. The first kappa shape index (κ1) is 21.5. The fourth-order valence-corrected chi connectivity index (χ4v) is 4.29. The Morgan fingerprint density at radius 2 is 1.62 bits per heavy atom. The maximum Gasteiger partial charge on any atom is 0.216 e. The van der Waals surface area contributed by atoms with Crippen molar-refractivity contribution < 1.29 is 20.1 Å². The molecule has 0 spiro atoms. The highest BCUT2D eigenvalue weighted by molar-refractivity contribution is 5.72. The van der Waals surface area contributed by atoms with Gasteiger partial charge in [-0.05, 0) is 24.0 Å². The van der Waals surface area contributed by atoms with E-state index in [0.717, 1.165) is 0 Å². The Balaban J connectivity index is 1.87. The molecule has 1 heterocycles. The standard InChI is InChI=1S/C23H30N2O4/c1-16(27)24-15-23(22(29)21(28)20(14-26)25-23)13-12-19(17-8-4-2-5-9-17)18-10-6-3-7-11-18/h2-11,19-22,25-26,28-29H,12-15H2,1H3,(H,24,27)/t20-,21-,22+,23-/m1/s1. The van der Waals surface area contributed by atoms with E-state index in [-0.39, 0.29) is 25.0 Å². The smallest absolute Gasteiger partial charge is 0.216 e. The summed E-state index contributed by atoms with van der Waals surface area (Å²) in [4.78, 5) is 11.5. The maximum absolute atomic E-state index is 11.5. The highest BCUT2D eigenvalue weighted by Crippen LogP contribution is 2.35. The number of nitrogens with one attached hydrogen (secondary N) is 2. The molecule has 1 amide bonds. The molecule has 0 radical (unpaired) electrons. The van der Waals surface area contributed by atoms with E-state index in [1.807, 2.05) is 36.4 Å². The van der Waals surface area contributed by atoms with Gasteiger partial charge in [-0.2, -0.15) is 0 Å². The molecule has 2 aromatic carbocycles. The van der Waals surface area contributed by atoms with Crippen molar-refractivity contribution >= 4 is 5.91 Å². The first-order chi connectivity index (χ1) is 14.0. The lowest BCUT2D eigenvalue weighted by Gasteiger charge is -2.35. The predicted molar refractivity (Wildman–Crippen MR) is 111 cm³/mol. The van der Waals surface area contributed by atoms with Gasteiger partial charge in [0.05, 0.1) is 24.3 Å². The zero-order valence-electron chi connectivity index (χ0n) is 16.7. The van der Waals surface area contributed by atoms with Crippen LogP contribution in [0.4, 0.5) is 0 Å². The van der Waals surface area contributed by atoms with Crippen LogP contribution < -0.4 is 10.6 Å². The summed E-state index contributed by atoms with van der Waals surface area (Å²) in [5.74, 6) is -0.103. The van der Waals surface area contributed by atoms with E-state index in [1.54, 1.807) is 0 Å². The Bertz CT molecular complexity index is 746. The third-order valence-electron chi connectivity index (χ3n) is 5.91. The van der Waals surface area contributed by atoms with E-state index >= 15 is 0 Å². The second kappa shape index (κ2) is 9.50. The number of aliphatic hydroxyl groups is 3. The van der Waals surface area contributed by atoms with E-state index in [4.69, 9.17) is 0 Å². The van der Waals surface area contributed by atoms with Gasteiger partial charge < -0.3 is 20.6 Å². The molecule has 6 heteroatoms. The molecule has 1 saturated heterocycles. The summed E-state index contributed by atoms with van der Waals surface area (Å²) in [7, 11) is 0. The molecule has 5 N–H and O–H groups in total. The highest BCUT2D eigenvalue weighted by atomic mass is 16.3. The first-order valence-electron chi connectivity index (χ1n) is 10.1. The van der Waals surface area contributed by atoms with Crippen molar-refractivity contribution in [3.63, 3.8) is 0 Å². The van der Waals surface area contributed by atoms with E-state index in [2.05, 4.69) is 34.9 Å². The monoisotopic (exact) mass is 398 g/mol. The van der Waals surface area contributed by atoms with Crippen molar-refractivity contribution in [1.82, 2.24) is 10.6 Å². The van der Waals surface area contributed by atoms with Crippen LogP contribution in [-0.2, 0) is 4.79 Å². The maximum atomic E-state index is 11.5. The van der Waals surface area contributed by atoms with Crippen molar-refractivity contribution in [2.24, 2.45) is 0 Å². The van der Waals surface area contributed by atoms with E-state index < -0.39 is 23.8 Å². The number of rotatable bonds is 8. The van der Waals surface area contributed by atoms with Gasteiger partial charge in [0.25, 0.3) is 0 Å². The summed E-state index contributed by atoms with van der Waals surface area (Å²) in [6.45, 7) is 1.31. The number of amides is 1. The molecule has 0 aliphatic carbocycles. The lowest BCUT2D eigenvalue weighted by atomic mass is 9.80. The predicted octanol–water partition coefficient (Wildman–Crippen LogP) is 1.16. The molecule has 2 aromatic rings. The molecule has 0 unspecified atom stereocenters. The fraction of sp³-hybridized carbons (Fsp3) is 0.435. The number of carbonyl (C=O) groups excluding carboxylic acids is 1. The van der Waals surface area contributed by atoms with Crippen LogP contribution in [0, 0.1) is 0 Å². The summed E-state index contributed by atoms with van der Waals surface area (Å²) in [6, 6.07) is 19.7. The van der Waals surface area contributed by atoms with Gasteiger partial charge in [0.1, 0.15) is 6.10 Å². The van der Waals surface area contributed by atoms with Crippen molar-refractivity contribution in [3.8, 4) is 0 Å². The van der Waals surface area contributed by atoms with Gasteiger partial charge in [-0.25, -0.2) is 0 Å². The van der Waals surface area contributed by atoms with Crippen molar-refractivity contribution in [2.45, 2.75) is 49.5 Å². The van der Waals surface area contributed by atoms with Crippen LogP contribution in [0.5, 0.6) is 0 Å². The molecule has 0 saturated carbocycles. The second-order valence-corrected chi connectivity index (χ2v) is 7.85. The lowest BCUT2D eigenvalue weighted by molar-refractivity contribution is -0.119. The molecule has 0 aromatic heterocycles. The van der Waals surface area contributed by atoms with Crippen molar-refractivity contribution in [2.75, 3.05) is 13.2 Å². The summed E-state index contributed by atoms with van der Waals surface area (Å²) in [5, 5.41) is 36.7. The Labute approximate surface area is 171 Å². The Hall–Kier alpha value is -2.25. The topological polar surface area (TPSA) is 102 Å². The van der Waals surface area contributed by atoms with Gasteiger partial charge in [0.2, 0.25) is 5.91 Å². The third-order valence-corrected chi connectivity index (χ3v) is 5.91. The Morgan fingerprint density at radius 1 is 1.07 bits per heavy atom. The van der Waals surface area contributed by atoms with Crippen LogP contribution in [-0.4, -0.2) is 58.2 Å². The molecule has 1 aliphatic rings.